The molecule has 19 heavy (non-hydrogen) atoms. The van der Waals surface area contributed by atoms with Crippen LogP contribution in [0, 0.1) is 19.7 Å². The van der Waals surface area contributed by atoms with Gasteiger partial charge in [-0.1, -0.05) is 19.1 Å². The summed E-state index contributed by atoms with van der Waals surface area (Å²) in [7, 11) is 0. The van der Waals surface area contributed by atoms with Crippen molar-refractivity contribution in [1.82, 2.24) is 9.78 Å². The van der Waals surface area contributed by atoms with E-state index >= 15 is 0 Å². The van der Waals surface area contributed by atoms with E-state index in [1.165, 1.54) is 11.6 Å². The molecule has 0 fully saturated rings. The Balaban J connectivity index is 2.31. The Morgan fingerprint density at radius 1 is 1.32 bits per heavy atom. The molecule has 0 saturated carbocycles. The number of rotatable bonds is 4. The molecule has 0 saturated heterocycles. The molecule has 0 spiro atoms. The number of nitrogens with zero attached hydrogens (tertiary/aromatic N) is 2. The minimum absolute atomic E-state index is 0.214. The van der Waals surface area contributed by atoms with E-state index in [-0.39, 0.29) is 5.82 Å². The summed E-state index contributed by atoms with van der Waals surface area (Å²) in [5.74, 6) is -0.214. The monoisotopic (exact) mass is 261 g/mol. The lowest BCUT2D eigenvalue weighted by Gasteiger charge is -2.08. The molecular formula is C15H20FN3. The van der Waals surface area contributed by atoms with E-state index in [1.807, 2.05) is 24.6 Å². The number of aromatic nitrogens is 2. The molecule has 2 N–H and O–H groups in total. The summed E-state index contributed by atoms with van der Waals surface area (Å²) >= 11 is 0. The van der Waals surface area contributed by atoms with Gasteiger partial charge in [-0.3, -0.25) is 4.68 Å². The van der Waals surface area contributed by atoms with Crippen LogP contribution in [0.1, 0.15) is 35.0 Å². The van der Waals surface area contributed by atoms with E-state index in [2.05, 4.69) is 12.0 Å². The summed E-state index contributed by atoms with van der Waals surface area (Å²) in [5, 5.41) is 4.49. The lowest BCUT2D eigenvalue weighted by Crippen LogP contribution is -2.07. The first-order valence-corrected chi connectivity index (χ1v) is 6.57. The second kappa shape index (κ2) is 5.53. The van der Waals surface area contributed by atoms with E-state index in [0.717, 1.165) is 23.4 Å². The molecule has 0 unspecified atom stereocenters. The van der Waals surface area contributed by atoms with Crippen molar-refractivity contribution in [1.29, 1.82) is 0 Å². The highest BCUT2D eigenvalue weighted by Crippen LogP contribution is 2.17. The van der Waals surface area contributed by atoms with Gasteiger partial charge >= 0.3 is 0 Å². The van der Waals surface area contributed by atoms with Gasteiger partial charge in [-0.15, -0.1) is 0 Å². The standard InChI is InChI=1S/C15H20FN3/c1-4-14-10(2)18-19(11(14)3)9-13-6-5-12(8-17)7-15(13)16/h5-7H,4,8-9,17H2,1-3H3. The predicted molar refractivity (Wildman–Crippen MR) is 74.5 cm³/mol. The third-order valence-corrected chi connectivity index (χ3v) is 3.56. The minimum Gasteiger partial charge on any atom is -0.326 e. The molecule has 2 rings (SSSR count). The zero-order valence-electron chi connectivity index (χ0n) is 11.7. The molecule has 0 aliphatic carbocycles. The number of nitrogens with two attached hydrogens (primary N) is 1. The van der Waals surface area contributed by atoms with E-state index in [1.54, 1.807) is 6.07 Å². The lowest BCUT2D eigenvalue weighted by molar-refractivity contribution is 0.577. The molecule has 0 atom stereocenters. The highest BCUT2D eigenvalue weighted by molar-refractivity contribution is 5.28. The van der Waals surface area contributed by atoms with Gasteiger partial charge in [0, 0.05) is 17.8 Å². The largest absolute Gasteiger partial charge is 0.326 e. The summed E-state index contributed by atoms with van der Waals surface area (Å²) < 4.78 is 15.8. The zero-order valence-corrected chi connectivity index (χ0v) is 11.7. The fourth-order valence-electron chi connectivity index (χ4n) is 2.41. The Kier molecular flexibility index (Phi) is 4.00. The number of hydrogen-bond acceptors (Lipinski definition) is 2. The second-order valence-electron chi connectivity index (χ2n) is 4.79. The summed E-state index contributed by atoms with van der Waals surface area (Å²) in [6, 6.07) is 5.16. The molecule has 1 aromatic heterocycles. The van der Waals surface area contributed by atoms with Crippen molar-refractivity contribution >= 4 is 0 Å². The van der Waals surface area contributed by atoms with Crippen molar-refractivity contribution < 1.29 is 4.39 Å². The van der Waals surface area contributed by atoms with E-state index in [0.29, 0.717) is 18.7 Å². The normalized spacial score (nSPS) is 11.0. The van der Waals surface area contributed by atoms with E-state index < -0.39 is 0 Å². The summed E-state index contributed by atoms with van der Waals surface area (Å²) in [6.07, 6.45) is 0.951. The van der Waals surface area contributed by atoms with Gasteiger partial charge in [-0.2, -0.15) is 5.10 Å². The summed E-state index contributed by atoms with van der Waals surface area (Å²) in [4.78, 5) is 0. The van der Waals surface area contributed by atoms with Gasteiger partial charge in [0.1, 0.15) is 5.82 Å². The average molecular weight is 261 g/mol. The molecule has 102 valence electrons. The summed E-state index contributed by atoms with van der Waals surface area (Å²) in [6.45, 7) is 6.96. The van der Waals surface area contributed by atoms with Crippen molar-refractivity contribution in [3.63, 3.8) is 0 Å². The van der Waals surface area contributed by atoms with Crippen LogP contribution >= 0.6 is 0 Å². The van der Waals surface area contributed by atoms with E-state index in [4.69, 9.17) is 5.73 Å². The van der Waals surface area contributed by atoms with Crippen LogP contribution in [-0.2, 0) is 19.5 Å². The quantitative estimate of drug-likeness (QED) is 0.919. The van der Waals surface area contributed by atoms with Crippen LogP contribution in [0.25, 0.3) is 0 Å². The number of halogens is 1. The Hall–Kier alpha value is -1.68. The number of hydrogen-bond donors (Lipinski definition) is 1. The van der Waals surface area contributed by atoms with Gasteiger partial charge in [-0.05, 0) is 37.5 Å². The topological polar surface area (TPSA) is 43.8 Å². The Morgan fingerprint density at radius 3 is 2.58 bits per heavy atom. The number of aryl methyl sites for hydroxylation is 1. The van der Waals surface area contributed by atoms with Gasteiger partial charge < -0.3 is 5.73 Å². The van der Waals surface area contributed by atoms with Crippen LogP contribution in [0.15, 0.2) is 18.2 Å². The molecule has 0 aliphatic rings. The van der Waals surface area contributed by atoms with Gasteiger partial charge in [0.2, 0.25) is 0 Å². The average Bonchev–Trinajstić information content (AvgIpc) is 2.66. The molecular weight excluding hydrogens is 241 g/mol. The lowest BCUT2D eigenvalue weighted by atomic mass is 10.1. The highest BCUT2D eigenvalue weighted by Gasteiger charge is 2.11. The van der Waals surface area contributed by atoms with E-state index in [9.17, 15) is 4.39 Å². The van der Waals surface area contributed by atoms with Crippen LogP contribution in [0.2, 0.25) is 0 Å². The second-order valence-corrected chi connectivity index (χ2v) is 4.79. The van der Waals surface area contributed by atoms with Gasteiger partial charge in [-0.25, -0.2) is 4.39 Å². The third kappa shape index (κ3) is 2.68. The highest BCUT2D eigenvalue weighted by atomic mass is 19.1. The molecule has 0 radical (unpaired) electrons. The van der Waals surface area contributed by atoms with Crippen molar-refractivity contribution in [2.24, 2.45) is 5.73 Å². The molecule has 0 amide bonds. The van der Waals surface area contributed by atoms with Gasteiger partial charge in [0.25, 0.3) is 0 Å². The van der Waals surface area contributed by atoms with Crippen molar-refractivity contribution in [3.8, 4) is 0 Å². The Bertz CT molecular complexity index is 587. The molecule has 3 nitrogen and oxygen atoms in total. The smallest absolute Gasteiger partial charge is 0.128 e. The third-order valence-electron chi connectivity index (χ3n) is 3.56. The fourth-order valence-corrected chi connectivity index (χ4v) is 2.41. The first-order chi connectivity index (χ1) is 9.06. The van der Waals surface area contributed by atoms with Crippen LogP contribution in [0.5, 0.6) is 0 Å². The predicted octanol–water partition coefficient (Wildman–Crippen LogP) is 2.71. The molecule has 4 heteroatoms. The number of benzene rings is 1. The molecule has 0 bridgehead atoms. The molecule has 1 heterocycles. The maximum atomic E-state index is 13.9. The van der Waals surface area contributed by atoms with Crippen LogP contribution in [-0.4, -0.2) is 9.78 Å². The minimum atomic E-state index is -0.214. The fraction of sp³-hybridized carbons (Fsp3) is 0.400. The van der Waals surface area contributed by atoms with Crippen LogP contribution in [0.4, 0.5) is 4.39 Å². The van der Waals surface area contributed by atoms with Crippen molar-refractivity contribution in [2.45, 2.75) is 40.3 Å². The van der Waals surface area contributed by atoms with Crippen molar-refractivity contribution in [3.05, 3.63) is 52.1 Å². The van der Waals surface area contributed by atoms with Gasteiger partial charge in [0.15, 0.2) is 0 Å². The first kappa shape index (κ1) is 13.7. The zero-order chi connectivity index (χ0) is 14.0. The Morgan fingerprint density at radius 2 is 2.05 bits per heavy atom. The summed E-state index contributed by atoms with van der Waals surface area (Å²) in [5.41, 5.74) is 10.3. The van der Waals surface area contributed by atoms with Gasteiger partial charge in [0.05, 0.1) is 12.2 Å². The maximum absolute atomic E-state index is 13.9. The molecule has 0 aliphatic heterocycles. The molecule has 1 aromatic carbocycles. The Labute approximate surface area is 113 Å². The van der Waals surface area contributed by atoms with Crippen molar-refractivity contribution in [2.75, 3.05) is 0 Å². The molecule has 2 aromatic rings. The van der Waals surface area contributed by atoms with Crippen LogP contribution in [0.3, 0.4) is 0 Å². The maximum Gasteiger partial charge on any atom is 0.128 e. The van der Waals surface area contributed by atoms with Crippen LogP contribution < -0.4 is 5.73 Å². The first-order valence-electron chi connectivity index (χ1n) is 6.57. The SMILES string of the molecule is CCc1c(C)nn(Cc2ccc(CN)cc2F)c1C.